The number of carboxylic acid groups (broad SMARTS) is 1. The van der Waals surface area contributed by atoms with Crippen LogP contribution in [0.3, 0.4) is 0 Å². The first-order chi connectivity index (χ1) is 17.8. The predicted octanol–water partition coefficient (Wildman–Crippen LogP) is 1.42. The molecular weight excluding hydrogens is 504 g/mol. The summed E-state index contributed by atoms with van der Waals surface area (Å²) in [7, 11) is 0. The van der Waals surface area contributed by atoms with Gasteiger partial charge in [0.15, 0.2) is 28.6 Å². The van der Waals surface area contributed by atoms with Crippen molar-refractivity contribution in [2.45, 2.75) is 36.6 Å². The van der Waals surface area contributed by atoms with Gasteiger partial charge in [-0.15, -0.1) is 0 Å². The minimum Gasteiger partial charge on any atom is -0.504 e. The highest BCUT2D eigenvalue weighted by atomic mass is 16.6. The molecule has 0 aromatic heterocycles. The number of hydrogen-bond acceptors (Lipinski definition) is 11. The number of phenols is 4. The maximum atomic E-state index is 12.4. The average Bonchev–Trinajstić information content (AvgIpc) is 2.86. The van der Waals surface area contributed by atoms with E-state index < -0.39 is 66.2 Å². The summed E-state index contributed by atoms with van der Waals surface area (Å²) in [5.41, 5.74) is -3.64. The van der Waals surface area contributed by atoms with Crippen molar-refractivity contribution in [2.75, 3.05) is 6.61 Å². The van der Waals surface area contributed by atoms with Crippen molar-refractivity contribution in [1.82, 2.24) is 0 Å². The number of carboxylic acids is 1. The summed E-state index contributed by atoms with van der Waals surface area (Å²) in [5.74, 6) is -5.04. The summed E-state index contributed by atoms with van der Waals surface area (Å²) in [5, 5.41) is 68.7. The summed E-state index contributed by atoms with van der Waals surface area (Å²) < 4.78 is 10.3. The van der Waals surface area contributed by atoms with Crippen molar-refractivity contribution < 1.29 is 59.6 Å². The van der Waals surface area contributed by atoms with Crippen LogP contribution in [-0.4, -0.2) is 77.6 Å². The van der Waals surface area contributed by atoms with Crippen LogP contribution >= 0.6 is 0 Å². The van der Waals surface area contributed by atoms with E-state index in [1.54, 1.807) is 0 Å². The van der Waals surface area contributed by atoms with E-state index in [-0.39, 0.29) is 17.9 Å². The molecule has 202 valence electrons. The predicted molar refractivity (Wildman–Crippen MR) is 130 cm³/mol. The second kappa shape index (κ2) is 11.2. The fraction of sp³-hybridized carbons (Fsp3) is 0.269. The Labute approximate surface area is 215 Å². The number of esters is 2. The van der Waals surface area contributed by atoms with Gasteiger partial charge in [-0.1, -0.05) is 12.1 Å². The van der Waals surface area contributed by atoms with Gasteiger partial charge in [0.05, 0.1) is 0 Å². The monoisotopic (exact) mass is 530 g/mol. The van der Waals surface area contributed by atoms with E-state index >= 15 is 0 Å². The van der Waals surface area contributed by atoms with Gasteiger partial charge in [-0.25, -0.2) is 14.4 Å². The quantitative estimate of drug-likeness (QED) is 0.147. The minimum absolute atomic E-state index is 0.320. The Morgan fingerprint density at radius 2 is 1.34 bits per heavy atom. The normalized spacial score (nSPS) is 23.4. The van der Waals surface area contributed by atoms with E-state index in [0.29, 0.717) is 11.1 Å². The lowest BCUT2D eigenvalue weighted by atomic mass is 9.74. The molecule has 0 amide bonds. The maximum absolute atomic E-state index is 12.4. The Kier molecular flexibility index (Phi) is 8.29. The van der Waals surface area contributed by atoms with E-state index in [9.17, 15) is 50.1 Å². The average molecular weight is 530 g/mol. The van der Waals surface area contributed by atoms with Crippen LogP contribution in [0.1, 0.15) is 30.4 Å². The highest BCUT2D eigenvalue weighted by Crippen LogP contribution is 2.38. The molecule has 3 rings (SSSR count). The lowest BCUT2D eigenvalue weighted by Gasteiger charge is -2.43. The van der Waals surface area contributed by atoms with Crippen LogP contribution in [0, 0.1) is 0 Å². The van der Waals surface area contributed by atoms with E-state index in [4.69, 9.17) is 9.47 Å². The maximum Gasteiger partial charge on any atom is 0.335 e. The number of aromatic hydroxyl groups is 4. The zero-order valence-corrected chi connectivity index (χ0v) is 19.9. The fourth-order valence-electron chi connectivity index (χ4n) is 3.73. The Balaban J connectivity index is 1.70. The molecule has 0 spiro atoms. The molecule has 1 aliphatic carbocycles. The Morgan fingerprint density at radius 1 is 0.816 bits per heavy atom. The molecule has 0 heterocycles. The molecule has 1 aliphatic rings. The molecule has 0 unspecified atom stereocenters. The molecule has 3 atom stereocenters. The number of rotatable bonds is 8. The van der Waals surface area contributed by atoms with Crippen LogP contribution in [0.25, 0.3) is 12.2 Å². The van der Waals surface area contributed by atoms with Gasteiger partial charge in [-0.3, -0.25) is 0 Å². The molecule has 1 fully saturated rings. The molecule has 0 radical (unpaired) electrons. The Morgan fingerprint density at radius 3 is 1.84 bits per heavy atom. The third kappa shape index (κ3) is 6.81. The number of carbonyl (C=O) groups excluding carboxylic acids is 2. The molecule has 7 N–H and O–H groups in total. The SMILES string of the molecule is O=C(/C=C/c1ccc(O)c(O)c1)OC[C@@]1(O)CC[C@](O)(C(=O)O)C[C@H]1OC(=O)/C=C/c1ccc(O)c(O)c1. The number of aliphatic hydroxyl groups is 2. The summed E-state index contributed by atoms with van der Waals surface area (Å²) in [6, 6.07) is 7.59. The van der Waals surface area contributed by atoms with Crippen molar-refractivity contribution in [1.29, 1.82) is 0 Å². The van der Waals surface area contributed by atoms with Gasteiger partial charge in [0.25, 0.3) is 0 Å². The van der Waals surface area contributed by atoms with Crippen molar-refractivity contribution in [3.8, 4) is 23.0 Å². The van der Waals surface area contributed by atoms with E-state index in [2.05, 4.69) is 0 Å². The Hall–Kier alpha value is -4.55. The molecule has 0 aliphatic heterocycles. The number of aliphatic carboxylic acids is 1. The largest absolute Gasteiger partial charge is 0.504 e. The second-order valence-corrected chi connectivity index (χ2v) is 8.84. The topological polar surface area (TPSA) is 211 Å². The van der Waals surface area contributed by atoms with Crippen LogP contribution in [-0.2, 0) is 23.9 Å². The molecule has 38 heavy (non-hydrogen) atoms. The first-order valence-electron chi connectivity index (χ1n) is 11.3. The van der Waals surface area contributed by atoms with Gasteiger partial charge in [-0.2, -0.15) is 0 Å². The first-order valence-corrected chi connectivity index (χ1v) is 11.3. The summed E-state index contributed by atoms with van der Waals surface area (Å²) in [6.45, 7) is -0.694. The molecule has 0 bridgehead atoms. The minimum atomic E-state index is -2.30. The summed E-state index contributed by atoms with van der Waals surface area (Å²) >= 11 is 0. The number of ether oxygens (including phenoxy) is 2. The molecule has 2 aromatic carbocycles. The first kappa shape index (κ1) is 28.0. The molecule has 2 aromatic rings. The van der Waals surface area contributed by atoms with Gasteiger partial charge in [0.2, 0.25) is 0 Å². The van der Waals surface area contributed by atoms with Gasteiger partial charge < -0.3 is 45.2 Å². The summed E-state index contributed by atoms with van der Waals surface area (Å²) in [4.78, 5) is 36.2. The van der Waals surface area contributed by atoms with E-state index in [0.717, 1.165) is 12.2 Å². The molecule has 12 heteroatoms. The van der Waals surface area contributed by atoms with Crippen LogP contribution in [0.5, 0.6) is 23.0 Å². The second-order valence-electron chi connectivity index (χ2n) is 8.84. The smallest absolute Gasteiger partial charge is 0.335 e. The Bertz CT molecular complexity index is 1280. The number of hydrogen-bond donors (Lipinski definition) is 7. The van der Waals surface area contributed by atoms with Crippen LogP contribution in [0.15, 0.2) is 48.6 Å². The molecule has 12 nitrogen and oxygen atoms in total. The van der Waals surface area contributed by atoms with Crippen molar-refractivity contribution >= 4 is 30.1 Å². The zero-order chi connectivity index (χ0) is 28.1. The molecular formula is C26H26O12. The highest BCUT2D eigenvalue weighted by molar-refractivity contribution is 5.88. The van der Waals surface area contributed by atoms with Gasteiger partial charge >= 0.3 is 17.9 Å². The fourth-order valence-corrected chi connectivity index (χ4v) is 3.73. The van der Waals surface area contributed by atoms with Gasteiger partial charge in [0.1, 0.15) is 18.3 Å². The van der Waals surface area contributed by atoms with Crippen molar-refractivity contribution in [3.63, 3.8) is 0 Å². The number of benzene rings is 2. The van der Waals surface area contributed by atoms with Crippen molar-refractivity contribution in [3.05, 3.63) is 59.7 Å². The van der Waals surface area contributed by atoms with Gasteiger partial charge in [0, 0.05) is 18.6 Å². The molecule has 0 saturated heterocycles. The van der Waals surface area contributed by atoms with E-state index in [1.165, 1.54) is 48.6 Å². The van der Waals surface area contributed by atoms with Gasteiger partial charge in [-0.05, 0) is 60.4 Å². The van der Waals surface area contributed by atoms with E-state index in [1.807, 2.05) is 0 Å². The molecule has 1 saturated carbocycles. The lowest BCUT2D eigenvalue weighted by molar-refractivity contribution is -0.207. The summed E-state index contributed by atoms with van der Waals surface area (Å²) in [6.07, 6.45) is 1.39. The number of phenolic OH excluding ortho intramolecular Hbond substituents is 4. The standard InChI is InChI=1S/C26H26O12/c27-17-5-1-15(11-19(17)29)3-7-22(31)37-14-26(36)10-9-25(35,24(33)34)13-21(26)38-23(32)8-4-16-2-6-18(28)20(30)12-16/h1-8,11-12,21,27-30,35-36H,9-10,13-14H2,(H,33,34)/b7-3+,8-4+/t21-,25-,26+/m1/s1. The third-order valence-electron chi connectivity index (χ3n) is 6.04. The van der Waals surface area contributed by atoms with Crippen LogP contribution in [0.4, 0.5) is 0 Å². The van der Waals surface area contributed by atoms with Crippen LogP contribution in [0.2, 0.25) is 0 Å². The van der Waals surface area contributed by atoms with Crippen LogP contribution < -0.4 is 0 Å². The lowest BCUT2D eigenvalue weighted by Crippen LogP contribution is -2.59. The highest BCUT2D eigenvalue weighted by Gasteiger charge is 2.54. The zero-order valence-electron chi connectivity index (χ0n) is 19.9. The third-order valence-corrected chi connectivity index (χ3v) is 6.04. The van der Waals surface area contributed by atoms with Crippen molar-refractivity contribution in [2.24, 2.45) is 0 Å². The number of carbonyl (C=O) groups is 3.